The van der Waals surface area contributed by atoms with E-state index >= 15 is 0 Å². The molecule has 1 heterocycles. The molecule has 1 aliphatic heterocycles. The van der Waals surface area contributed by atoms with Crippen LogP contribution in [-0.2, 0) is 4.79 Å². The van der Waals surface area contributed by atoms with Crippen LogP contribution in [0, 0.1) is 18.3 Å². The van der Waals surface area contributed by atoms with Gasteiger partial charge >= 0.3 is 0 Å². The van der Waals surface area contributed by atoms with Crippen LogP contribution in [0.2, 0.25) is 5.02 Å². The Morgan fingerprint density at radius 2 is 1.88 bits per heavy atom. The lowest BCUT2D eigenvalue weighted by Crippen LogP contribution is -2.17. The van der Waals surface area contributed by atoms with Crippen molar-refractivity contribution in [1.82, 2.24) is 0 Å². The lowest BCUT2D eigenvalue weighted by atomic mass is 10.1. The van der Waals surface area contributed by atoms with Gasteiger partial charge in [-0.15, -0.1) is 0 Å². The number of rotatable bonds is 4. The van der Waals surface area contributed by atoms with Gasteiger partial charge in [0, 0.05) is 29.5 Å². The van der Waals surface area contributed by atoms with E-state index in [-0.39, 0.29) is 5.57 Å². The number of benzene rings is 2. The van der Waals surface area contributed by atoms with Gasteiger partial charge in [0.05, 0.1) is 0 Å². The Kier molecular flexibility index (Phi) is 5.60. The van der Waals surface area contributed by atoms with Crippen molar-refractivity contribution in [2.24, 2.45) is 0 Å². The number of carbonyl (C=O) groups excluding carboxylic acids is 1. The van der Waals surface area contributed by atoms with Gasteiger partial charge in [-0.3, -0.25) is 4.79 Å². The fraction of sp³-hybridized carbons (Fsp3) is 0.238. The highest BCUT2D eigenvalue weighted by Gasteiger charge is 2.13. The Labute approximate surface area is 158 Å². The number of nitrogens with zero attached hydrogens (tertiary/aromatic N) is 2. The summed E-state index contributed by atoms with van der Waals surface area (Å²) in [6, 6.07) is 15.2. The summed E-state index contributed by atoms with van der Waals surface area (Å²) in [6.07, 6.45) is 4.05. The topological polar surface area (TPSA) is 56.1 Å². The van der Waals surface area contributed by atoms with Gasteiger partial charge in [-0.05, 0) is 61.2 Å². The third kappa shape index (κ3) is 4.25. The number of anilines is 2. The first kappa shape index (κ1) is 18.0. The number of halogens is 1. The molecule has 132 valence electrons. The van der Waals surface area contributed by atoms with Crippen LogP contribution in [0.15, 0.2) is 48.0 Å². The van der Waals surface area contributed by atoms with Gasteiger partial charge in [0.2, 0.25) is 0 Å². The number of carbonyl (C=O) groups is 1. The molecule has 5 heteroatoms. The molecule has 3 rings (SSSR count). The largest absolute Gasteiger partial charge is 0.372 e. The van der Waals surface area contributed by atoms with Gasteiger partial charge in [-0.1, -0.05) is 29.8 Å². The van der Waals surface area contributed by atoms with Crippen LogP contribution in [0.25, 0.3) is 6.08 Å². The normalized spacial score (nSPS) is 14.2. The summed E-state index contributed by atoms with van der Waals surface area (Å²) < 4.78 is 0. The van der Waals surface area contributed by atoms with Crippen LogP contribution in [-0.4, -0.2) is 19.0 Å². The molecule has 0 aromatic heterocycles. The maximum absolute atomic E-state index is 12.4. The van der Waals surface area contributed by atoms with Crippen LogP contribution in [0.1, 0.15) is 24.0 Å². The number of amides is 1. The quantitative estimate of drug-likeness (QED) is 0.625. The molecule has 0 aliphatic carbocycles. The molecule has 1 fully saturated rings. The maximum atomic E-state index is 12.4. The number of nitrogens with one attached hydrogen (secondary N) is 1. The van der Waals surface area contributed by atoms with Gasteiger partial charge in [0.25, 0.3) is 5.91 Å². The fourth-order valence-corrected chi connectivity index (χ4v) is 3.16. The molecule has 0 unspecified atom stereocenters. The summed E-state index contributed by atoms with van der Waals surface area (Å²) in [7, 11) is 0. The Hall–Kier alpha value is -2.77. The highest BCUT2D eigenvalue weighted by molar-refractivity contribution is 6.31. The lowest BCUT2D eigenvalue weighted by molar-refractivity contribution is -0.112. The van der Waals surface area contributed by atoms with E-state index in [0.29, 0.717) is 10.7 Å². The zero-order valence-corrected chi connectivity index (χ0v) is 15.4. The third-order valence-electron chi connectivity index (χ3n) is 4.49. The molecule has 2 aromatic rings. The molecular formula is C21H20ClN3O. The SMILES string of the molecule is Cc1ccc(Cl)cc1NC(=O)/C(C#N)=C/c1ccc(N2CCCC2)cc1. The molecule has 0 radical (unpaired) electrons. The Bertz CT molecular complexity index is 875. The van der Waals surface area contributed by atoms with E-state index < -0.39 is 5.91 Å². The minimum atomic E-state index is -0.443. The first-order valence-electron chi connectivity index (χ1n) is 8.61. The molecular weight excluding hydrogens is 346 g/mol. The predicted octanol–water partition coefficient (Wildman–Crippen LogP) is 4.79. The van der Waals surface area contributed by atoms with Crippen LogP contribution >= 0.6 is 11.6 Å². The average Bonchev–Trinajstić information content (AvgIpc) is 3.18. The van der Waals surface area contributed by atoms with Gasteiger partial charge in [-0.2, -0.15) is 5.26 Å². The number of hydrogen-bond acceptors (Lipinski definition) is 3. The van der Waals surface area contributed by atoms with Gasteiger partial charge in [0.1, 0.15) is 11.6 Å². The molecule has 26 heavy (non-hydrogen) atoms. The molecule has 2 aromatic carbocycles. The second-order valence-electron chi connectivity index (χ2n) is 6.37. The molecule has 0 saturated carbocycles. The Balaban J connectivity index is 1.75. The first-order valence-corrected chi connectivity index (χ1v) is 8.99. The second-order valence-corrected chi connectivity index (χ2v) is 6.81. The Morgan fingerprint density at radius 3 is 2.54 bits per heavy atom. The van der Waals surface area contributed by atoms with E-state index in [0.717, 1.165) is 24.2 Å². The van der Waals surface area contributed by atoms with E-state index in [4.69, 9.17) is 11.6 Å². The molecule has 0 spiro atoms. The molecule has 0 bridgehead atoms. The highest BCUT2D eigenvalue weighted by Crippen LogP contribution is 2.23. The second kappa shape index (κ2) is 8.07. The van der Waals surface area contributed by atoms with Crippen LogP contribution in [0.3, 0.4) is 0 Å². The Morgan fingerprint density at radius 1 is 1.19 bits per heavy atom. The van der Waals surface area contributed by atoms with Gasteiger partial charge in [-0.25, -0.2) is 0 Å². The smallest absolute Gasteiger partial charge is 0.266 e. The molecule has 4 nitrogen and oxygen atoms in total. The summed E-state index contributed by atoms with van der Waals surface area (Å²) >= 11 is 5.98. The zero-order valence-electron chi connectivity index (χ0n) is 14.6. The standard InChI is InChI=1S/C21H20ClN3O/c1-15-4-7-18(22)13-20(15)24-21(26)17(14-23)12-16-5-8-19(9-6-16)25-10-2-3-11-25/h4-9,12-13H,2-3,10-11H2,1H3,(H,24,26)/b17-12+. The summed E-state index contributed by atoms with van der Waals surface area (Å²) in [5.74, 6) is -0.443. The average molecular weight is 366 g/mol. The van der Waals surface area contributed by atoms with Crippen LogP contribution < -0.4 is 10.2 Å². The number of aryl methyl sites for hydroxylation is 1. The van der Waals surface area contributed by atoms with Crippen molar-refractivity contribution in [1.29, 1.82) is 5.26 Å². The predicted molar refractivity (Wildman–Crippen MR) is 106 cm³/mol. The van der Waals surface area contributed by atoms with Crippen molar-refractivity contribution in [3.63, 3.8) is 0 Å². The third-order valence-corrected chi connectivity index (χ3v) is 4.72. The van der Waals surface area contributed by atoms with Crippen molar-refractivity contribution in [2.45, 2.75) is 19.8 Å². The first-order chi connectivity index (χ1) is 12.6. The van der Waals surface area contributed by atoms with E-state index in [9.17, 15) is 10.1 Å². The van der Waals surface area contributed by atoms with Crippen molar-refractivity contribution in [3.05, 3.63) is 64.2 Å². The van der Waals surface area contributed by atoms with Gasteiger partial charge in [0.15, 0.2) is 0 Å². The number of hydrogen-bond donors (Lipinski definition) is 1. The van der Waals surface area contributed by atoms with Crippen LogP contribution in [0.4, 0.5) is 11.4 Å². The summed E-state index contributed by atoms with van der Waals surface area (Å²) in [6.45, 7) is 4.04. The number of nitriles is 1. The minimum absolute atomic E-state index is 0.0540. The van der Waals surface area contributed by atoms with Gasteiger partial charge < -0.3 is 10.2 Å². The van der Waals surface area contributed by atoms with Crippen molar-refractivity contribution >= 4 is 35.0 Å². The monoisotopic (exact) mass is 365 g/mol. The van der Waals surface area contributed by atoms with Crippen molar-refractivity contribution < 1.29 is 4.79 Å². The van der Waals surface area contributed by atoms with E-state index in [2.05, 4.69) is 10.2 Å². The molecule has 1 aliphatic rings. The zero-order chi connectivity index (χ0) is 18.5. The maximum Gasteiger partial charge on any atom is 0.266 e. The molecule has 0 atom stereocenters. The van der Waals surface area contributed by atoms with Crippen molar-refractivity contribution in [3.8, 4) is 6.07 Å². The summed E-state index contributed by atoms with van der Waals surface area (Å²) in [5, 5.41) is 12.7. The van der Waals surface area contributed by atoms with E-state index in [1.54, 1.807) is 18.2 Å². The van der Waals surface area contributed by atoms with E-state index in [1.165, 1.54) is 18.5 Å². The molecule has 1 N–H and O–H groups in total. The molecule has 1 saturated heterocycles. The molecule has 1 amide bonds. The summed E-state index contributed by atoms with van der Waals surface area (Å²) in [5.41, 5.74) is 3.54. The highest BCUT2D eigenvalue weighted by atomic mass is 35.5. The summed E-state index contributed by atoms with van der Waals surface area (Å²) in [4.78, 5) is 14.8. The van der Waals surface area contributed by atoms with E-state index in [1.807, 2.05) is 43.3 Å². The minimum Gasteiger partial charge on any atom is -0.372 e. The fourth-order valence-electron chi connectivity index (χ4n) is 2.99. The van der Waals surface area contributed by atoms with Crippen molar-refractivity contribution in [2.75, 3.05) is 23.3 Å². The lowest BCUT2D eigenvalue weighted by Gasteiger charge is -2.17. The van der Waals surface area contributed by atoms with Crippen LogP contribution in [0.5, 0.6) is 0 Å².